The van der Waals surface area contributed by atoms with Crippen LogP contribution in [0.25, 0.3) is 0 Å². The van der Waals surface area contributed by atoms with E-state index in [1.807, 2.05) is 0 Å². The molecule has 1 aliphatic carbocycles. The fourth-order valence-corrected chi connectivity index (χ4v) is 3.98. The van der Waals surface area contributed by atoms with E-state index in [4.69, 9.17) is 9.47 Å². The fourth-order valence-electron chi connectivity index (χ4n) is 3.98. The number of carbonyl (C=O) groups is 2. The molecule has 0 N–H and O–H groups in total. The average Bonchev–Trinajstić information content (AvgIpc) is 2.76. The van der Waals surface area contributed by atoms with Crippen LogP contribution in [0.3, 0.4) is 0 Å². The van der Waals surface area contributed by atoms with E-state index in [1.54, 1.807) is 13.8 Å². The van der Waals surface area contributed by atoms with Crippen LogP contribution in [0.2, 0.25) is 0 Å². The fraction of sp³-hybridized carbons (Fsp3) is 0.652. The van der Waals surface area contributed by atoms with E-state index in [0.717, 1.165) is 32.1 Å². The first-order valence-electron chi connectivity index (χ1n) is 10.7. The first-order valence-corrected chi connectivity index (χ1v) is 10.7. The summed E-state index contributed by atoms with van der Waals surface area (Å²) in [6.45, 7) is 5.27. The highest BCUT2D eigenvalue weighted by molar-refractivity contribution is 5.80. The highest BCUT2D eigenvalue weighted by Gasteiger charge is 2.44. The maximum absolute atomic E-state index is 13.8. The topological polar surface area (TPSA) is 52.6 Å². The quantitative estimate of drug-likeness (QED) is 0.201. The summed E-state index contributed by atoms with van der Waals surface area (Å²) in [7, 11) is 0. The van der Waals surface area contributed by atoms with Crippen molar-refractivity contribution < 1.29 is 41.0 Å². The summed E-state index contributed by atoms with van der Waals surface area (Å²) in [5, 5.41) is 0. The van der Waals surface area contributed by atoms with E-state index in [1.165, 1.54) is 13.8 Å². The molecule has 180 valence electrons. The van der Waals surface area contributed by atoms with Gasteiger partial charge in [0.15, 0.2) is 23.3 Å². The average molecular weight is 464 g/mol. The molecule has 1 fully saturated rings. The minimum Gasteiger partial charge on any atom is -0.462 e. The van der Waals surface area contributed by atoms with Crippen molar-refractivity contribution in [2.24, 2.45) is 10.8 Å². The monoisotopic (exact) mass is 464 g/mol. The largest absolute Gasteiger partial charge is 0.462 e. The minimum atomic E-state index is -2.29. The van der Waals surface area contributed by atoms with Crippen LogP contribution in [0.5, 0.6) is 0 Å². The highest BCUT2D eigenvalue weighted by atomic mass is 19.2. The van der Waals surface area contributed by atoms with Gasteiger partial charge in [0.1, 0.15) is 12.7 Å². The predicted molar refractivity (Wildman–Crippen MR) is 106 cm³/mol. The summed E-state index contributed by atoms with van der Waals surface area (Å²) in [6.07, 6.45) is 4.86. The molecule has 1 aromatic rings. The maximum atomic E-state index is 13.8. The van der Waals surface area contributed by atoms with Gasteiger partial charge in [-0.2, -0.15) is 0 Å². The minimum absolute atomic E-state index is 0.0119. The zero-order valence-corrected chi connectivity index (χ0v) is 18.8. The molecule has 32 heavy (non-hydrogen) atoms. The number of esters is 2. The van der Waals surface area contributed by atoms with E-state index in [-0.39, 0.29) is 12.5 Å². The Bertz CT molecular complexity index is 835. The van der Waals surface area contributed by atoms with Crippen LogP contribution in [0, 0.1) is 39.9 Å². The van der Waals surface area contributed by atoms with Crippen molar-refractivity contribution in [3.05, 3.63) is 34.6 Å². The summed E-state index contributed by atoms with van der Waals surface area (Å²) < 4.78 is 78.1. The Morgan fingerprint density at radius 3 is 1.84 bits per heavy atom. The van der Waals surface area contributed by atoms with Crippen LogP contribution in [-0.2, 0) is 25.7 Å². The number of hydrogen-bond acceptors (Lipinski definition) is 4. The maximum Gasteiger partial charge on any atom is 0.312 e. The van der Waals surface area contributed by atoms with E-state index >= 15 is 0 Å². The molecule has 1 aromatic carbocycles. The molecule has 0 saturated heterocycles. The molecule has 0 aromatic heterocycles. The van der Waals surface area contributed by atoms with Crippen molar-refractivity contribution in [1.82, 2.24) is 0 Å². The Hall–Kier alpha value is -2.19. The Morgan fingerprint density at radius 2 is 1.34 bits per heavy atom. The van der Waals surface area contributed by atoms with Gasteiger partial charge in [0.25, 0.3) is 0 Å². The summed E-state index contributed by atoms with van der Waals surface area (Å²) in [4.78, 5) is 25.5. The van der Waals surface area contributed by atoms with Gasteiger partial charge in [-0.1, -0.05) is 13.3 Å². The SMILES string of the molecule is CCC(C)(CC(C)(C)C(=O)OCc1c(F)c(F)c(F)c(F)c1F)C(=O)OC1CCCCC1. The Balaban J connectivity index is 2.10. The third kappa shape index (κ3) is 5.59. The molecule has 0 bridgehead atoms. The second kappa shape index (κ2) is 10.2. The van der Waals surface area contributed by atoms with Gasteiger partial charge >= 0.3 is 11.9 Å². The Morgan fingerprint density at radius 1 is 0.844 bits per heavy atom. The normalized spacial score (nSPS) is 17.0. The highest BCUT2D eigenvalue weighted by Crippen LogP contribution is 2.39. The number of hydrogen-bond donors (Lipinski definition) is 0. The molecule has 1 atom stereocenters. The zero-order valence-electron chi connectivity index (χ0n) is 18.8. The molecule has 0 radical (unpaired) electrons. The number of ether oxygens (including phenoxy) is 2. The molecule has 4 nitrogen and oxygen atoms in total. The first kappa shape index (κ1) is 26.1. The van der Waals surface area contributed by atoms with Crippen molar-refractivity contribution in [3.63, 3.8) is 0 Å². The van der Waals surface area contributed by atoms with Gasteiger partial charge in [0.2, 0.25) is 5.82 Å². The van der Waals surface area contributed by atoms with E-state index in [0.29, 0.717) is 6.42 Å². The Labute approximate surface area is 184 Å². The number of rotatable bonds is 8. The van der Waals surface area contributed by atoms with Gasteiger partial charge in [-0.15, -0.1) is 0 Å². The molecular weight excluding hydrogens is 435 g/mol. The van der Waals surface area contributed by atoms with Crippen molar-refractivity contribution >= 4 is 11.9 Å². The van der Waals surface area contributed by atoms with Crippen LogP contribution < -0.4 is 0 Å². The predicted octanol–water partition coefficient (Wildman–Crippen LogP) is 6.13. The second-order valence-electron chi connectivity index (χ2n) is 9.26. The van der Waals surface area contributed by atoms with Gasteiger partial charge in [0.05, 0.1) is 16.4 Å². The zero-order chi connectivity index (χ0) is 24.3. The number of halogens is 5. The summed E-state index contributed by atoms with van der Waals surface area (Å²) in [5.74, 6) is -12.0. The van der Waals surface area contributed by atoms with Crippen LogP contribution in [-0.4, -0.2) is 18.0 Å². The number of benzene rings is 1. The lowest BCUT2D eigenvalue weighted by Crippen LogP contribution is -2.40. The smallest absolute Gasteiger partial charge is 0.312 e. The van der Waals surface area contributed by atoms with Crippen LogP contribution in [0.1, 0.15) is 78.2 Å². The molecule has 0 spiro atoms. The van der Waals surface area contributed by atoms with Crippen molar-refractivity contribution in [3.8, 4) is 0 Å². The third-order valence-corrected chi connectivity index (χ3v) is 6.13. The molecular formula is C23H29F5O4. The third-order valence-electron chi connectivity index (χ3n) is 6.13. The molecule has 2 rings (SSSR count). The summed E-state index contributed by atoms with van der Waals surface area (Å²) in [6, 6.07) is 0. The second-order valence-corrected chi connectivity index (χ2v) is 9.26. The summed E-state index contributed by atoms with van der Waals surface area (Å²) >= 11 is 0. The van der Waals surface area contributed by atoms with Gasteiger partial charge in [-0.25, -0.2) is 22.0 Å². The van der Waals surface area contributed by atoms with E-state index in [9.17, 15) is 31.5 Å². The van der Waals surface area contributed by atoms with Crippen LogP contribution in [0.15, 0.2) is 0 Å². The molecule has 0 aliphatic heterocycles. The Kier molecular flexibility index (Phi) is 8.28. The first-order chi connectivity index (χ1) is 14.8. The lowest BCUT2D eigenvalue weighted by atomic mass is 9.72. The van der Waals surface area contributed by atoms with Gasteiger partial charge in [0, 0.05) is 0 Å². The standard InChI is InChI=1S/C23H29F5O4/c1-5-23(4,21(30)32-13-9-7-6-8-10-13)12-22(2,3)20(29)31-11-14-15(24)17(26)19(28)18(27)16(14)25/h13H,5-12H2,1-4H3. The summed E-state index contributed by atoms with van der Waals surface area (Å²) in [5.41, 5.74) is -3.55. The molecule has 1 unspecified atom stereocenters. The van der Waals surface area contributed by atoms with E-state index in [2.05, 4.69) is 0 Å². The molecule has 9 heteroatoms. The molecule has 0 amide bonds. The van der Waals surface area contributed by atoms with Crippen molar-refractivity contribution in [2.45, 2.75) is 85.4 Å². The van der Waals surface area contributed by atoms with Gasteiger partial charge in [-0.3, -0.25) is 9.59 Å². The van der Waals surface area contributed by atoms with Gasteiger partial charge < -0.3 is 9.47 Å². The molecule has 1 aliphatic rings. The van der Waals surface area contributed by atoms with Crippen molar-refractivity contribution in [2.75, 3.05) is 0 Å². The molecule has 0 heterocycles. The lowest BCUT2D eigenvalue weighted by molar-refractivity contribution is -0.168. The van der Waals surface area contributed by atoms with Gasteiger partial charge in [-0.05, 0) is 59.3 Å². The van der Waals surface area contributed by atoms with Crippen molar-refractivity contribution in [1.29, 1.82) is 0 Å². The van der Waals surface area contributed by atoms with Crippen LogP contribution >= 0.6 is 0 Å². The number of carbonyl (C=O) groups excluding carboxylic acids is 2. The van der Waals surface area contributed by atoms with Crippen LogP contribution in [0.4, 0.5) is 22.0 Å². The molecule has 1 saturated carbocycles. The lowest BCUT2D eigenvalue weighted by Gasteiger charge is -2.35. The van der Waals surface area contributed by atoms with E-state index < -0.39 is 64.0 Å².